The Balaban J connectivity index is 0.00000200. The van der Waals surface area contributed by atoms with Crippen molar-refractivity contribution in [2.45, 2.75) is 0 Å². The number of rotatable bonds is 4. The standard InChI is InChI=1S/C14H13N4O.ClH/c1-18(5-4-17-11-18)6-7-19-14-3-2-12(9-15)13(8-14)10-16;/h2-5,8,11H,6-7H2,1H3;1H/q+1;/p-1. The summed E-state index contributed by atoms with van der Waals surface area (Å²) >= 11 is 0. The third kappa shape index (κ3) is 3.58. The van der Waals surface area contributed by atoms with Gasteiger partial charge in [-0.15, -0.1) is 0 Å². The molecule has 0 saturated carbocycles. The number of likely N-dealkylation sites (N-methyl/N-ethyl adjacent to an activating group) is 1. The highest BCUT2D eigenvalue weighted by molar-refractivity contribution is 5.50. The van der Waals surface area contributed by atoms with Crippen molar-refractivity contribution in [2.24, 2.45) is 4.99 Å². The lowest BCUT2D eigenvalue weighted by atomic mass is 10.1. The molecule has 0 spiro atoms. The second-order valence-electron chi connectivity index (χ2n) is 4.41. The van der Waals surface area contributed by atoms with Crippen molar-refractivity contribution in [3.63, 3.8) is 0 Å². The van der Waals surface area contributed by atoms with Crippen LogP contribution in [-0.4, -0.2) is 31.0 Å². The van der Waals surface area contributed by atoms with Crippen LogP contribution in [-0.2, 0) is 0 Å². The predicted molar refractivity (Wildman–Crippen MR) is 70.1 cm³/mol. The van der Waals surface area contributed by atoms with Gasteiger partial charge in [-0.25, -0.2) is 4.99 Å². The Morgan fingerprint density at radius 3 is 2.60 bits per heavy atom. The zero-order valence-corrected chi connectivity index (χ0v) is 11.7. The van der Waals surface area contributed by atoms with Gasteiger partial charge >= 0.3 is 0 Å². The lowest BCUT2D eigenvalue weighted by Crippen LogP contribution is -3.00. The zero-order chi connectivity index (χ0) is 13.7. The van der Waals surface area contributed by atoms with Gasteiger partial charge in [-0.3, -0.25) is 4.48 Å². The Labute approximate surface area is 124 Å². The molecule has 1 heterocycles. The second-order valence-corrected chi connectivity index (χ2v) is 4.41. The average molecular weight is 289 g/mol. The summed E-state index contributed by atoms with van der Waals surface area (Å²) in [5.41, 5.74) is 0.700. The number of benzene rings is 1. The Hall–Kier alpha value is -2.34. The molecule has 0 N–H and O–H groups in total. The van der Waals surface area contributed by atoms with E-state index in [1.165, 1.54) is 0 Å². The minimum absolute atomic E-state index is 0. The molecule has 1 aliphatic heterocycles. The first-order valence-electron chi connectivity index (χ1n) is 5.81. The highest BCUT2D eigenvalue weighted by atomic mass is 35.5. The zero-order valence-electron chi connectivity index (χ0n) is 11.0. The lowest BCUT2D eigenvalue weighted by molar-refractivity contribution is -0.756. The van der Waals surface area contributed by atoms with E-state index in [0.29, 0.717) is 28.0 Å². The monoisotopic (exact) mass is 288 g/mol. The predicted octanol–water partition coefficient (Wildman–Crippen LogP) is -1.23. The summed E-state index contributed by atoms with van der Waals surface area (Å²) in [5.74, 6) is 0.599. The molecule has 1 aromatic carbocycles. The molecule has 0 radical (unpaired) electrons. The van der Waals surface area contributed by atoms with E-state index >= 15 is 0 Å². The quantitative estimate of drug-likeness (QED) is 0.652. The van der Waals surface area contributed by atoms with Crippen LogP contribution in [0.25, 0.3) is 0 Å². The number of aliphatic imine (C=N–C) groups is 1. The third-order valence-electron chi connectivity index (χ3n) is 2.90. The smallest absolute Gasteiger partial charge is 0.194 e. The SMILES string of the molecule is C[N+]1(CCOc2ccc(C#N)c(C#N)c2)C=CN=C1.[Cl-]. The van der Waals surface area contributed by atoms with E-state index in [1.807, 2.05) is 31.7 Å². The van der Waals surface area contributed by atoms with Gasteiger partial charge in [0, 0.05) is 0 Å². The number of nitrogens with zero attached hydrogens (tertiary/aromatic N) is 4. The molecule has 1 unspecified atom stereocenters. The van der Waals surface area contributed by atoms with E-state index < -0.39 is 0 Å². The fourth-order valence-electron chi connectivity index (χ4n) is 1.72. The van der Waals surface area contributed by atoms with Gasteiger partial charge in [-0.05, 0) is 18.2 Å². The summed E-state index contributed by atoms with van der Waals surface area (Å²) in [5, 5.41) is 17.8. The molecule has 1 aliphatic rings. The molecule has 1 aromatic rings. The summed E-state index contributed by atoms with van der Waals surface area (Å²) in [6.07, 6.45) is 5.57. The first-order valence-corrected chi connectivity index (χ1v) is 5.81. The molecular weight excluding hydrogens is 276 g/mol. The summed E-state index contributed by atoms with van der Waals surface area (Å²) < 4.78 is 6.20. The largest absolute Gasteiger partial charge is 1.00 e. The van der Waals surface area contributed by atoms with Crippen LogP contribution in [0.15, 0.2) is 35.6 Å². The number of halogens is 1. The summed E-state index contributed by atoms with van der Waals surface area (Å²) in [4.78, 5) is 4.04. The number of hydrogen-bond acceptors (Lipinski definition) is 4. The molecular formula is C14H13ClN4O. The van der Waals surface area contributed by atoms with Crippen LogP contribution in [0.5, 0.6) is 5.75 Å². The molecule has 0 bridgehead atoms. The molecule has 1 atom stereocenters. The molecule has 0 saturated heterocycles. The highest BCUT2D eigenvalue weighted by Gasteiger charge is 2.19. The fraction of sp³-hybridized carbons (Fsp3) is 0.214. The van der Waals surface area contributed by atoms with E-state index in [-0.39, 0.29) is 12.4 Å². The van der Waals surface area contributed by atoms with E-state index in [1.54, 1.807) is 24.4 Å². The van der Waals surface area contributed by atoms with Crippen molar-refractivity contribution in [1.29, 1.82) is 10.5 Å². The highest BCUT2D eigenvalue weighted by Crippen LogP contribution is 2.17. The number of ether oxygens (including phenoxy) is 1. The van der Waals surface area contributed by atoms with Crippen LogP contribution in [0.3, 0.4) is 0 Å². The van der Waals surface area contributed by atoms with E-state index in [9.17, 15) is 0 Å². The van der Waals surface area contributed by atoms with Crippen LogP contribution in [0, 0.1) is 22.7 Å². The minimum Gasteiger partial charge on any atom is -1.00 e. The second kappa shape index (κ2) is 6.72. The van der Waals surface area contributed by atoms with Gasteiger partial charge in [-0.1, -0.05) is 0 Å². The Morgan fingerprint density at radius 1 is 1.25 bits per heavy atom. The molecule has 0 aliphatic carbocycles. The lowest BCUT2D eigenvalue weighted by Gasteiger charge is -2.21. The van der Waals surface area contributed by atoms with Crippen LogP contribution < -0.4 is 17.1 Å². The maximum atomic E-state index is 8.93. The van der Waals surface area contributed by atoms with Gasteiger partial charge in [-0.2, -0.15) is 10.5 Å². The summed E-state index contributed by atoms with van der Waals surface area (Å²) in [6, 6.07) is 8.85. The normalized spacial score (nSPS) is 18.9. The molecule has 102 valence electrons. The Bertz CT molecular complexity index is 613. The molecule has 0 amide bonds. The van der Waals surface area contributed by atoms with Crippen LogP contribution >= 0.6 is 0 Å². The Morgan fingerprint density at radius 2 is 2.00 bits per heavy atom. The van der Waals surface area contributed by atoms with Gasteiger partial charge < -0.3 is 17.1 Å². The molecule has 2 rings (SSSR count). The van der Waals surface area contributed by atoms with Crippen molar-refractivity contribution in [2.75, 3.05) is 20.2 Å². The number of nitriles is 2. The molecule has 0 aromatic heterocycles. The first-order chi connectivity index (χ1) is 9.17. The van der Waals surface area contributed by atoms with Crippen LogP contribution in [0.2, 0.25) is 0 Å². The first kappa shape index (κ1) is 15.7. The van der Waals surface area contributed by atoms with Crippen LogP contribution in [0.4, 0.5) is 0 Å². The molecule has 5 nitrogen and oxygen atoms in total. The third-order valence-corrected chi connectivity index (χ3v) is 2.90. The van der Waals surface area contributed by atoms with Gasteiger partial charge in [0.2, 0.25) is 0 Å². The Kier molecular flexibility index (Phi) is 5.28. The minimum atomic E-state index is 0. The summed E-state index contributed by atoms with van der Waals surface area (Å²) in [6.45, 7) is 1.26. The van der Waals surface area contributed by atoms with Gasteiger partial charge in [0.25, 0.3) is 0 Å². The van der Waals surface area contributed by atoms with Gasteiger partial charge in [0.05, 0.1) is 24.4 Å². The van der Waals surface area contributed by atoms with Crippen LogP contribution in [0.1, 0.15) is 11.1 Å². The molecule has 6 heteroatoms. The van der Waals surface area contributed by atoms with Crippen molar-refractivity contribution in [3.05, 3.63) is 41.7 Å². The van der Waals surface area contributed by atoms with Crippen molar-refractivity contribution in [3.8, 4) is 17.9 Å². The maximum Gasteiger partial charge on any atom is 0.194 e. The maximum absolute atomic E-state index is 8.93. The van der Waals surface area contributed by atoms with E-state index in [2.05, 4.69) is 4.99 Å². The average Bonchev–Trinajstić information content (AvgIpc) is 2.85. The van der Waals surface area contributed by atoms with Gasteiger partial charge in [0.15, 0.2) is 6.34 Å². The van der Waals surface area contributed by atoms with Crippen molar-refractivity contribution >= 4 is 6.34 Å². The fourth-order valence-corrected chi connectivity index (χ4v) is 1.72. The topological polar surface area (TPSA) is 69.2 Å². The summed E-state index contributed by atoms with van der Waals surface area (Å²) in [7, 11) is 2.02. The van der Waals surface area contributed by atoms with Crippen molar-refractivity contribution < 1.29 is 21.6 Å². The van der Waals surface area contributed by atoms with E-state index in [4.69, 9.17) is 15.3 Å². The number of quaternary nitrogens is 1. The molecule has 20 heavy (non-hydrogen) atoms. The van der Waals surface area contributed by atoms with Gasteiger partial charge in [0.1, 0.15) is 37.2 Å². The molecule has 0 fully saturated rings. The number of hydrogen-bond donors (Lipinski definition) is 0. The van der Waals surface area contributed by atoms with E-state index in [0.717, 1.165) is 6.54 Å². The van der Waals surface area contributed by atoms with Crippen molar-refractivity contribution in [1.82, 2.24) is 0 Å².